The molecule has 4 heteroatoms. The molecule has 1 fully saturated rings. The van der Waals surface area contributed by atoms with Gasteiger partial charge >= 0.3 is 0 Å². The first-order valence-electron chi connectivity index (χ1n) is 7.26. The lowest BCUT2D eigenvalue weighted by Gasteiger charge is -2.49. The van der Waals surface area contributed by atoms with Gasteiger partial charge in [0.25, 0.3) is 0 Å². The van der Waals surface area contributed by atoms with Crippen molar-refractivity contribution in [3.8, 4) is 0 Å². The van der Waals surface area contributed by atoms with Crippen LogP contribution >= 0.6 is 0 Å². The summed E-state index contributed by atoms with van der Waals surface area (Å²) >= 11 is 0. The zero-order chi connectivity index (χ0) is 14.1. The molecule has 2 rings (SSSR count). The van der Waals surface area contributed by atoms with Crippen molar-refractivity contribution in [2.24, 2.45) is 18.2 Å². The molecule has 4 nitrogen and oxygen atoms in total. The first-order valence-corrected chi connectivity index (χ1v) is 7.26. The molecule has 108 valence electrons. The maximum Gasteiger partial charge on any atom is 0.122 e. The highest BCUT2D eigenvalue weighted by molar-refractivity contribution is 5.01. The van der Waals surface area contributed by atoms with Crippen LogP contribution in [0.2, 0.25) is 0 Å². The number of likely N-dealkylation sites (N-methyl/N-ethyl adjacent to an activating group) is 1. The van der Waals surface area contributed by atoms with Gasteiger partial charge in [0.2, 0.25) is 0 Å². The van der Waals surface area contributed by atoms with Gasteiger partial charge in [-0.25, -0.2) is 4.98 Å². The van der Waals surface area contributed by atoms with Crippen LogP contribution in [0.25, 0.3) is 0 Å². The lowest BCUT2D eigenvalue weighted by molar-refractivity contribution is 0.0204. The Labute approximate surface area is 117 Å². The molecule has 0 radical (unpaired) electrons. The second kappa shape index (κ2) is 5.25. The minimum atomic E-state index is 0.133. The van der Waals surface area contributed by atoms with Gasteiger partial charge in [0.05, 0.1) is 6.54 Å². The molecule has 1 heterocycles. The highest BCUT2D eigenvalue weighted by Crippen LogP contribution is 2.43. The van der Waals surface area contributed by atoms with Crippen molar-refractivity contribution in [3.63, 3.8) is 0 Å². The summed E-state index contributed by atoms with van der Waals surface area (Å²) in [6.07, 6.45) is 8.83. The molecule has 0 aromatic carbocycles. The molecule has 1 aliphatic rings. The monoisotopic (exact) mass is 264 g/mol. The maximum absolute atomic E-state index is 6.16. The first-order chi connectivity index (χ1) is 8.88. The highest BCUT2D eigenvalue weighted by Gasteiger charge is 2.41. The predicted molar refractivity (Wildman–Crippen MR) is 78.7 cm³/mol. The molecule has 1 aromatic heterocycles. The van der Waals surface area contributed by atoms with E-state index in [1.165, 1.54) is 25.7 Å². The fourth-order valence-corrected chi connectivity index (χ4v) is 3.55. The summed E-state index contributed by atoms with van der Waals surface area (Å²) in [7, 11) is 4.25. The molecule has 1 aromatic rings. The summed E-state index contributed by atoms with van der Waals surface area (Å²) in [5.74, 6) is 1.11. The average Bonchev–Trinajstić information content (AvgIpc) is 2.73. The molecule has 19 heavy (non-hydrogen) atoms. The van der Waals surface area contributed by atoms with Crippen LogP contribution in [0.4, 0.5) is 0 Å². The number of rotatable bonds is 4. The quantitative estimate of drug-likeness (QED) is 0.906. The van der Waals surface area contributed by atoms with E-state index in [4.69, 9.17) is 5.73 Å². The van der Waals surface area contributed by atoms with E-state index in [1.807, 2.05) is 12.4 Å². The number of nitrogens with two attached hydrogens (primary N) is 1. The van der Waals surface area contributed by atoms with Gasteiger partial charge in [-0.15, -0.1) is 0 Å². The van der Waals surface area contributed by atoms with Gasteiger partial charge in [0.15, 0.2) is 0 Å². The fourth-order valence-electron chi connectivity index (χ4n) is 3.55. The van der Waals surface area contributed by atoms with Gasteiger partial charge in [-0.1, -0.05) is 20.3 Å². The Bertz CT molecular complexity index is 424. The van der Waals surface area contributed by atoms with E-state index >= 15 is 0 Å². The minimum Gasteiger partial charge on any atom is -0.337 e. The first kappa shape index (κ1) is 14.5. The summed E-state index contributed by atoms with van der Waals surface area (Å²) in [5.41, 5.74) is 6.69. The van der Waals surface area contributed by atoms with E-state index in [1.54, 1.807) is 0 Å². The van der Waals surface area contributed by atoms with E-state index in [-0.39, 0.29) is 5.54 Å². The lowest BCUT2D eigenvalue weighted by atomic mass is 9.67. The van der Waals surface area contributed by atoms with Crippen LogP contribution in [0.15, 0.2) is 12.4 Å². The number of nitrogens with zero attached hydrogens (tertiary/aromatic N) is 3. The standard InChI is InChI=1S/C15H28N4/c1-14(2)6-5-7-15(11-14,12-16)19(4)10-13-17-8-9-18(13)3/h8-9H,5-7,10-12,16H2,1-4H3. The van der Waals surface area contributed by atoms with Crippen LogP contribution in [0.1, 0.15) is 45.4 Å². The van der Waals surface area contributed by atoms with Gasteiger partial charge in [-0.2, -0.15) is 0 Å². The lowest BCUT2D eigenvalue weighted by Crippen LogP contribution is -2.56. The molecule has 0 bridgehead atoms. The molecule has 1 unspecified atom stereocenters. The summed E-state index contributed by atoms with van der Waals surface area (Å²) in [6.45, 7) is 6.34. The summed E-state index contributed by atoms with van der Waals surface area (Å²) < 4.78 is 2.09. The van der Waals surface area contributed by atoms with Gasteiger partial charge in [0, 0.05) is 31.5 Å². The van der Waals surface area contributed by atoms with Crippen LogP contribution in [0.3, 0.4) is 0 Å². The summed E-state index contributed by atoms with van der Waals surface area (Å²) in [5, 5.41) is 0. The van der Waals surface area contributed by atoms with Crippen LogP contribution in [0.5, 0.6) is 0 Å². The Balaban J connectivity index is 2.14. The highest BCUT2D eigenvalue weighted by atomic mass is 15.2. The summed E-state index contributed by atoms with van der Waals surface area (Å²) in [6, 6.07) is 0. The fraction of sp³-hybridized carbons (Fsp3) is 0.800. The van der Waals surface area contributed by atoms with Crippen molar-refractivity contribution in [2.75, 3.05) is 13.6 Å². The SMILES string of the molecule is CN(Cc1nccn1C)C1(CN)CCCC(C)(C)C1. The molecule has 1 aliphatic carbocycles. The normalized spacial score (nSPS) is 26.8. The van der Waals surface area contributed by atoms with Crippen LogP contribution in [-0.2, 0) is 13.6 Å². The van der Waals surface area contributed by atoms with E-state index < -0.39 is 0 Å². The van der Waals surface area contributed by atoms with Gasteiger partial charge in [-0.05, 0) is 31.7 Å². The molecule has 1 atom stereocenters. The Kier molecular flexibility index (Phi) is 4.02. The van der Waals surface area contributed by atoms with E-state index in [0.29, 0.717) is 5.41 Å². The third-order valence-corrected chi connectivity index (χ3v) is 4.79. The minimum absolute atomic E-state index is 0.133. The topological polar surface area (TPSA) is 47.1 Å². The zero-order valence-corrected chi connectivity index (χ0v) is 12.8. The van der Waals surface area contributed by atoms with Crippen molar-refractivity contribution in [3.05, 3.63) is 18.2 Å². The second-order valence-electron chi connectivity index (χ2n) is 6.93. The molecule has 0 amide bonds. The number of imidazole rings is 1. The molecule has 0 saturated heterocycles. The number of hydrogen-bond donors (Lipinski definition) is 1. The molecule has 1 saturated carbocycles. The van der Waals surface area contributed by atoms with E-state index in [9.17, 15) is 0 Å². The van der Waals surface area contributed by atoms with E-state index in [2.05, 4.69) is 42.4 Å². The Morgan fingerprint density at radius 1 is 1.42 bits per heavy atom. The summed E-state index contributed by atoms with van der Waals surface area (Å²) in [4.78, 5) is 6.86. The second-order valence-corrected chi connectivity index (χ2v) is 6.93. The third kappa shape index (κ3) is 3.00. The third-order valence-electron chi connectivity index (χ3n) is 4.79. The molecule has 0 aliphatic heterocycles. The van der Waals surface area contributed by atoms with E-state index in [0.717, 1.165) is 18.9 Å². The molecule has 2 N–H and O–H groups in total. The number of hydrogen-bond acceptors (Lipinski definition) is 3. The average molecular weight is 264 g/mol. The molecular formula is C15H28N4. The van der Waals surface area contributed by atoms with Crippen molar-refractivity contribution in [2.45, 2.75) is 51.6 Å². The van der Waals surface area contributed by atoms with Gasteiger partial charge in [0.1, 0.15) is 5.82 Å². The Morgan fingerprint density at radius 2 is 2.16 bits per heavy atom. The predicted octanol–water partition coefficient (Wildman–Crippen LogP) is 2.15. The molecular weight excluding hydrogens is 236 g/mol. The van der Waals surface area contributed by atoms with Crippen LogP contribution in [-0.4, -0.2) is 33.6 Å². The van der Waals surface area contributed by atoms with Crippen molar-refractivity contribution in [1.82, 2.24) is 14.5 Å². The Morgan fingerprint density at radius 3 is 2.68 bits per heavy atom. The zero-order valence-electron chi connectivity index (χ0n) is 12.8. The maximum atomic E-state index is 6.16. The molecule has 0 spiro atoms. The van der Waals surface area contributed by atoms with Crippen molar-refractivity contribution >= 4 is 0 Å². The Hall–Kier alpha value is -0.870. The van der Waals surface area contributed by atoms with Gasteiger partial charge in [-0.3, -0.25) is 4.90 Å². The van der Waals surface area contributed by atoms with Gasteiger partial charge < -0.3 is 10.3 Å². The largest absolute Gasteiger partial charge is 0.337 e. The van der Waals surface area contributed by atoms with Crippen LogP contribution < -0.4 is 5.73 Å². The van der Waals surface area contributed by atoms with Crippen LogP contribution in [0, 0.1) is 5.41 Å². The number of aryl methyl sites for hydroxylation is 1. The van der Waals surface area contributed by atoms with Crippen molar-refractivity contribution in [1.29, 1.82) is 0 Å². The number of aromatic nitrogens is 2. The smallest absolute Gasteiger partial charge is 0.122 e. The van der Waals surface area contributed by atoms with Crippen molar-refractivity contribution < 1.29 is 0 Å².